The summed E-state index contributed by atoms with van der Waals surface area (Å²) in [5, 5.41) is 5.60. The van der Waals surface area contributed by atoms with Gasteiger partial charge in [-0.15, -0.1) is 0 Å². The Morgan fingerprint density at radius 3 is 2.74 bits per heavy atom. The van der Waals surface area contributed by atoms with Crippen LogP contribution in [0.15, 0.2) is 34.9 Å². The lowest BCUT2D eigenvalue weighted by molar-refractivity contribution is 0.211. The Balaban J connectivity index is 1.79. The third-order valence-electron chi connectivity index (χ3n) is 3.62. The molecule has 0 spiro atoms. The topological polar surface area (TPSA) is 34.1 Å². The van der Waals surface area contributed by atoms with Crippen LogP contribution < -0.4 is 10.1 Å². The second-order valence-corrected chi connectivity index (χ2v) is 5.82. The predicted molar refractivity (Wildman–Crippen MR) is 80.5 cm³/mol. The van der Waals surface area contributed by atoms with Gasteiger partial charge in [0.1, 0.15) is 0 Å². The molecule has 2 aromatic rings. The second kappa shape index (κ2) is 5.88. The summed E-state index contributed by atoms with van der Waals surface area (Å²) < 4.78 is 6.97. The normalized spacial score (nSPS) is 16.7. The van der Waals surface area contributed by atoms with Crippen molar-refractivity contribution in [1.29, 1.82) is 0 Å². The number of nitrogens with one attached hydrogen (secondary N) is 1. The highest BCUT2D eigenvalue weighted by Gasteiger charge is 2.15. The highest BCUT2D eigenvalue weighted by Crippen LogP contribution is 2.29. The minimum Gasteiger partial charge on any atom is -0.477 e. The van der Waals surface area contributed by atoms with Gasteiger partial charge in [0, 0.05) is 21.4 Å². The van der Waals surface area contributed by atoms with E-state index in [1.165, 1.54) is 12.8 Å². The summed E-state index contributed by atoms with van der Waals surface area (Å²) in [4.78, 5) is 4.41. The van der Waals surface area contributed by atoms with Crippen LogP contribution in [0.5, 0.6) is 5.88 Å². The number of fused-ring (bicyclic) bond motifs is 1. The summed E-state index contributed by atoms with van der Waals surface area (Å²) in [6.07, 6.45) is 4.20. The van der Waals surface area contributed by atoms with Crippen LogP contribution in [0.1, 0.15) is 12.8 Å². The van der Waals surface area contributed by atoms with Crippen LogP contribution in [0.25, 0.3) is 10.8 Å². The van der Waals surface area contributed by atoms with Crippen molar-refractivity contribution in [3.63, 3.8) is 0 Å². The molecule has 0 amide bonds. The van der Waals surface area contributed by atoms with Gasteiger partial charge in [0.05, 0.1) is 6.61 Å². The Bertz CT molecular complexity index is 567. The first kappa shape index (κ1) is 12.9. The lowest BCUT2D eigenvalue weighted by Crippen LogP contribution is -2.30. The number of nitrogens with zero attached hydrogens (tertiary/aromatic N) is 1. The Labute approximate surface area is 121 Å². The van der Waals surface area contributed by atoms with E-state index in [9.17, 15) is 0 Å². The fourth-order valence-corrected chi connectivity index (χ4v) is 2.94. The molecule has 0 unspecified atom stereocenters. The van der Waals surface area contributed by atoms with E-state index in [-0.39, 0.29) is 0 Å². The Hall–Kier alpha value is -1.13. The van der Waals surface area contributed by atoms with Gasteiger partial charge in [0.25, 0.3) is 0 Å². The fourth-order valence-electron chi connectivity index (χ4n) is 2.49. The number of hydrogen-bond acceptors (Lipinski definition) is 3. The number of ether oxygens (including phenoxy) is 1. The molecule has 0 atom stereocenters. The Morgan fingerprint density at radius 2 is 1.95 bits per heavy atom. The molecule has 1 fully saturated rings. The van der Waals surface area contributed by atoms with Gasteiger partial charge in [-0.2, -0.15) is 0 Å². The van der Waals surface area contributed by atoms with E-state index >= 15 is 0 Å². The molecule has 1 saturated heterocycles. The molecule has 0 saturated carbocycles. The number of halogens is 1. The van der Waals surface area contributed by atoms with Crippen LogP contribution in [0.2, 0.25) is 0 Å². The molecular weight excluding hydrogens is 304 g/mol. The van der Waals surface area contributed by atoms with Gasteiger partial charge in [-0.3, -0.25) is 0 Å². The number of piperidine rings is 1. The molecular formula is C15H17BrN2O. The molecule has 100 valence electrons. The Kier molecular flexibility index (Phi) is 3.99. The minimum atomic E-state index is 0.644. The van der Waals surface area contributed by atoms with Crippen molar-refractivity contribution in [2.24, 2.45) is 5.92 Å². The number of pyridine rings is 1. The van der Waals surface area contributed by atoms with Gasteiger partial charge >= 0.3 is 0 Å². The standard InChI is InChI=1S/C15H17BrN2O/c16-14-9-18-15(13-4-2-1-3-12(13)14)19-10-11-5-7-17-8-6-11/h1-4,9,11,17H,5-8,10H2. The van der Waals surface area contributed by atoms with E-state index in [2.05, 4.69) is 38.4 Å². The number of rotatable bonds is 3. The highest BCUT2D eigenvalue weighted by atomic mass is 79.9. The number of aromatic nitrogens is 1. The number of hydrogen-bond donors (Lipinski definition) is 1. The van der Waals surface area contributed by atoms with E-state index in [1.807, 2.05) is 18.3 Å². The molecule has 2 heterocycles. The minimum absolute atomic E-state index is 0.644. The lowest BCUT2D eigenvalue weighted by Gasteiger charge is -2.22. The summed E-state index contributed by atoms with van der Waals surface area (Å²) >= 11 is 3.53. The number of benzene rings is 1. The van der Waals surface area contributed by atoms with Gasteiger partial charge in [-0.1, -0.05) is 18.2 Å². The highest BCUT2D eigenvalue weighted by molar-refractivity contribution is 9.10. The molecule has 1 aromatic heterocycles. The molecule has 0 radical (unpaired) electrons. The Morgan fingerprint density at radius 1 is 1.21 bits per heavy atom. The zero-order chi connectivity index (χ0) is 13.1. The first-order chi connectivity index (χ1) is 9.34. The van der Waals surface area contributed by atoms with Crippen molar-refractivity contribution in [1.82, 2.24) is 10.3 Å². The monoisotopic (exact) mass is 320 g/mol. The molecule has 1 aliphatic rings. The summed E-state index contributed by atoms with van der Waals surface area (Å²) in [5.74, 6) is 1.39. The quantitative estimate of drug-likeness (QED) is 0.941. The van der Waals surface area contributed by atoms with E-state index < -0.39 is 0 Å². The zero-order valence-corrected chi connectivity index (χ0v) is 12.3. The molecule has 1 aromatic carbocycles. The maximum atomic E-state index is 5.95. The van der Waals surface area contributed by atoms with Crippen molar-refractivity contribution in [3.05, 3.63) is 34.9 Å². The maximum Gasteiger partial charge on any atom is 0.221 e. The third kappa shape index (κ3) is 2.90. The average molecular weight is 321 g/mol. The zero-order valence-electron chi connectivity index (χ0n) is 10.7. The fraction of sp³-hybridized carbons (Fsp3) is 0.400. The van der Waals surface area contributed by atoms with E-state index in [0.717, 1.165) is 40.8 Å². The van der Waals surface area contributed by atoms with E-state index in [4.69, 9.17) is 4.74 Å². The van der Waals surface area contributed by atoms with Crippen molar-refractivity contribution < 1.29 is 4.74 Å². The molecule has 1 aliphatic heterocycles. The van der Waals surface area contributed by atoms with Crippen LogP contribution in [-0.4, -0.2) is 24.7 Å². The van der Waals surface area contributed by atoms with E-state index in [0.29, 0.717) is 5.92 Å². The molecule has 19 heavy (non-hydrogen) atoms. The maximum absolute atomic E-state index is 5.95. The largest absolute Gasteiger partial charge is 0.477 e. The predicted octanol–water partition coefficient (Wildman–Crippen LogP) is 3.38. The first-order valence-corrected chi connectivity index (χ1v) is 7.50. The van der Waals surface area contributed by atoms with Crippen LogP contribution in [0.4, 0.5) is 0 Å². The molecule has 1 N–H and O–H groups in total. The van der Waals surface area contributed by atoms with Gasteiger partial charge in [0.15, 0.2) is 0 Å². The lowest BCUT2D eigenvalue weighted by atomic mass is 9.99. The molecule has 0 bridgehead atoms. The van der Waals surface area contributed by atoms with Crippen LogP contribution in [0.3, 0.4) is 0 Å². The van der Waals surface area contributed by atoms with Crippen molar-refractivity contribution in [2.45, 2.75) is 12.8 Å². The van der Waals surface area contributed by atoms with Crippen LogP contribution in [-0.2, 0) is 0 Å². The SMILES string of the molecule is Brc1cnc(OCC2CCNCC2)c2ccccc12. The van der Waals surface area contributed by atoms with Crippen molar-refractivity contribution in [3.8, 4) is 5.88 Å². The molecule has 4 heteroatoms. The molecule has 3 rings (SSSR count). The summed E-state index contributed by atoms with van der Waals surface area (Å²) in [7, 11) is 0. The van der Waals surface area contributed by atoms with Crippen LogP contribution >= 0.6 is 15.9 Å². The molecule has 3 nitrogen and oxygen atoms in total. The van der Waals surface area contributed by atoms with Crippen molar-refractivity contribution >= 4 is 26.7 Å². The smallest absolute Gasteiger partial charge is 0.221 e. The van der Waals surface area contributed by atoms with E-state index in [1.54, 1.807) is 0 Å². The molecule has 0 aliphatic carbocycles. The first-order valence-electron chi connectivity index (χ1n) is 6.71. The van der Waals surface area contributed by atoms with Gasteiger partial charge in [-0.25, -0.2) is 4.98 Å². The summed E-state index contributed by atoms with van der Waals surface area (Å²) in [6, 6.07) is 8.20. The van der Waals surface area contributed by atoms with Gasteiger partial charge in [0.2, 0.25) is 5.88 Å². The third-order valence-corrected chi connectivity index (χ3v) is 4.26. The summed E-state index contributed by atoms with van der Waals surface area (Å²) in [5.41, 5.74) is 0. The van der Waals surface area contributed by atoms with Gasteiger partial charge in [-0.05, 0) is 53.8 Å². The average Bonchev–Trinajstić information content (AvgIpc) is 2.48. The second-order valence-electron chi connectivity index (χ2n) is 4.96. The van der Waals surface area contributed by atoms with Gasteiger partial charge < -0.3 is 10.1 Å². The summed E-state index contributed by atoms with van der Waals surface area (Å²) in [6.45, 7) is 2.96. The van der Waals surface area contributed by atoms with Crippen molar-refractivity contribution in [2.75, 3.05) is 19.7 Å². The van der Waals surface area contributed by atoms with Crippen LogP contribution in [0, 0.1) is 5.92 Å².